The highest BCUT2D eigenvalue weighted by Gasteiger charge is 2.15. The molecule has 3 N–H and O–H groups in total. The summed E-state index contributed by atoms with van der Waals surface area (Å²) in [5.74, 6) is 2.07. The van der Waals surface area contributed by atoms with Crippen molar-refractivity contribution < 1.29 is 14.2 Å². The summed E-state index contributed by atoms with van der Waals surface area (Å²) in [6.45, 7) is 2.47. The van der Waals surface area contributed by atoms with Gasteiger partial charge in [-0.3, -0.25) is 0 Å². The molecule has 25 heavy (non-hydrogen) atoms. The third-order valence-corrected chi connectivity index (χ3v) is 3.81. The number of aryl methyl sites for hydroxylation is 1. The summed E-state index contributed by atoms with van der Waals surface area (Å²) < 4.78 is 16.1. The molecule has 0 radical (unpaired) electrons. The first-order chi connectivity index (χ1) is 12.1. The Labute approximate surface area is 148 Å². The van der Waals surface area contributed by atoms with E-state index in [0.29, 0.717) is 29.8 Å². The second kappa shape index (κ2) is 8.82. The van der Waals surface area contributed by atoms with E-state index in [1.165, 1.54) is 5.56 Å². The zero-order chi connectivity index (χ0) is 18.2. The van der Waals surface area contributed by atoms with Gasteiger partial charge in [0.25, 0.3) is 0 Å². The van der Waals surface area contributed by atoms with Crippen molar-refractivity contribution in [2.75, 3.05) is 26.6 Å². The Morgan fingerprint density at radius 2 is 1.80 bits per heavy atom. The molecule has 0 amide bonds. The van der Waals surface area contributed by atoms with Crippen LogP contribution in [0.15, 0.2) is 41.4 Å². The fraction of sp³-hybridized carbons (Fsp3) is 0.316. The molecular weight excluding hydrogens is 318 g/mol. The highest BCUT2D eigenvalue weighted by molar-refractivity contribution is 5.92. The summed E-state index contributed by atoms with van der Waals surface area (Å²) in [6.07, 6.45) is 0.968. The van der Waals surface area contributed by atoms with E-state index in [1.807, 2.05) is 24.3 Å². The van der Waals surface area contributed by atoms with Crippen LogP contribution in [-0.2, 0) is 13.0 Å². The summed E-state index contributed by atoms with van der Waals surface area (Å²) in [4.78, 5) is 4.39. The molecule has 0 atom stereocenters. The van der Waals surface area contributed by atoms with Crippen molar-refractivity contribution in [2.24, 2.45) is 10.7 Å². The molecule has 0 aliphatic carbocycles. The average molecular weight is 343 g/mol. The van der Waals surface area contributed by atoms with E-state index in [-0.39, 0.29) is 0 Å². The summed E-state index contributed by atoms with van der Waals surface area (Å²) in [7, 11) is 4.74. The van der Waals surface area contributed by atoms with Gasteiger partial charge >= 0.3 is 0 Å². The maximum Gasteiger partial charge on any atom is 0.203 e. The maximum absolute atomic E-state index is 6.01. The third kappa shape index (κ3) is 4.56. The fourth-order valence-corrected chi connectivity index (χ4v) is 2.51. The largest absolute Gasteiger partial charge is 0.493 e. The first kappa shape index (κ1) is 18.4. The first-order valence-electron chi connectivity index (χ1n) is 8.06. The van der Waals surface area contributed by atoms with Crippen LogP contribution in [0.25, 0.3) is 0 Å². The quantitative estimate of drug-likeness (QED) is 0.596. The lowest BCUT2D eigenvalue weighted by Gasteiger charge is -2.15. The summed E-state index contributed by atoms with van der Waals surface area (Å²) in [6, 6.07) is 11.8. The predicted octanol–water partition coefficient (Wildman–Crippen LogP) is 3.20. The standard InChI is InChI=1S/C19H25N3O3/c1-5-13-7-6-8-15(11-13)22-19(20)21-12-14-9-10-16(23-2)18(25-4)17(14)24-3/h6-11H,5,12H2,1-4H3,(H3,20,21,22). The molecule has 6 nitrogen and oxygen atoms in total. The molecule has 0 bridgehead atoms. The van der Waals surface area contributed by atoms with Gasteiger partial charge in [-0.15, -0.1) is 0 Å². The van der Waals surface area contributed by atoms with Gasteiger partial charge < -0.3 is 25.3 Å². The van der Waals surface area contributed by atoms with E-state index in [0.717, 1.165) is 17.7 Å². The van der Waals surface area contributed by atoms with Crippen LogP contribution in [0.5, 0.6) is 17.2 Å². The summed E-state index contributed by atoms with van der Waals surface area (Å²) in [5, 5.41) is 3.11. The number of nitrogens with two attached hydrogens (primary N) is 1. The van der Waals surface area contributed by atoms with Crippen molar-refractivity contribution in [3.05, 3.63) is 47.5 Å². The third-order valence-electron chi connectivity index (χ3n) is 3.81. The minimum Gasteiger partial charge on any atom is -0.493 e. The second-order valence-electron chi connectivity index (χ2n) is 5.37. The first-order valence-corrected chi connectivity index (χ1v) is 8.06. The molecule has 0 unspecified atom stereocenters. The lowest BCUT2D eigenvalue weighted by molar-refractivity contribution is 0.322. The number of benzene rings is 2. The van der Waals surface area contributed by atoms with Crippen LogP contribution in [0.1, 0.15) is 18.1 Å². The van der Waals surface area contributed by atoms with Gasteiger partial charge in [0.1, 0.15) is 0 Å². The minimum atomic E-state index is 0.338. The van der Waals surface area contributed by atoms with Crippen LogP contribution in [0.2, 0.25) is 0 Å². The number of anilines is 1. The lowest BCUT2D eigenvalue weighted by atomic mass is 10.1. The van der Waals surface area contributed by atoms with E-state index in [9.17, 15) is 0 Å². The number of hydrogen-bond donors (Lipinski definition) is 2. The molecule has 0 heterocycles. The smallest absolute Gasteiger partial charge is 0.203 e. The van der Waals surface area contributed by atoms with Gasteiger partial charge in [-0.2, -0.15) is 0 Å². The molecule has 6 heteroatoms. The SMILES string of the molecule is CCc1cccc(NC(N)=NCc2ccc(OC)c(OC)c2OC)c1. The Hall–Kier alpha value is -2.89. The molecular formula is C19H25N3O3. The molecule has 0 saturated heterocycles. The van der Waals surface area contributed by atoms with Crippen molar-refractivity contribution in [2.45, 2.75) is 19.9 Å². The highest BCUT2D eigenvalue weighted by Crippen LogP contribution is 2.39. The van der Waals surface area contributed by atoms with E-state index in [1.54, 1.807) is 21.3 Å². The van der Waals surface area contributed by atoms with Gasteiger partial charge in [0.15, 0.2) is 17.5 Å². The molecule has 134 valence electrons. The van der Waals surface area contributed by atoms with Crippen molar-refractivity contribution in [1.82, 2.24) is 0 Å². The van der Waals surface area contributed by atoms with Gasteiger partial charge in [0.05, 0.1) is 27.9 Å². The predicted molar refractivity (Wildman–Crippen MR) is 101 cm³/mol. The summed E-state index contributed by atoms with van der Waals surface area (Å²) >= 11 is 0. The van der Waals surface area contributed by atoms with Crippen LogP contribution in [0, 0.1) is 0 Å². The molecule has 2 aromatic rings. The van der Waals surface area contributed by atoms with Gasteiger partial charge in [-0.1, -0.05) is 19.1 Å². The van der Waals surface area contributed by atoms with Crippen LogP contribution in [0.4, 0.5) is 5.69 Å². The zero-order valence-electron chi connectivity index (χ0n) is 15.1. The molecule has 2 rings (SSSR count). The van der Waals surface area contributed by atoms with Gasteiger partial charge in [0.2, 0.25) is 5.75 Å². The number of methoxy groups -OCH3 is 3. The molecule has 0 aromatic heterocycles. The molecule has 2 aromatic carbocycles. The Bertz CT molecular complexity index is 745. The van der Waals surface area contributed by atoms with Crippen LogP contribution in [0.3, 0.4) is 0 Å². The Morgan fingerprint density at radius 3 is 2.44 bits per heavy atom. The minimum absolute atomic E-state index is 0.338. The number of aliphatic imine (C=N–C) groups is 1. The summed E-state index contributed by atoms with van der Waals surface area (Å²) in [5.41, 5.74) is 9.01. The molecule has 0 aliphatic rings. The average Bonchev–Trinajstić information content (AvgIpc) is 2.65. The number of ether oxygens (including phenoxy) is 3. The highest BCUT2D eigenvalue weighted by atomic mass is 16.5. The van der Waals surface area contributed by atoms with Crippen molar-refractivity contribution in [3.63, 3.8) is 0 Å². The number of guanidine groups is 1. The van der Waals surface area contributed by atoms with E-state index in [4.69, 9.17) is 19.9 Å². The van der Waals surface area contributed by atoms with Crippen molar-refractivity contribution >= 4 is 11.6 Å². The number of nitrogens with one attached hydrogen (secondary N) is 1. The Morgan fingerprint density at radius 1 is 1.04 bits per heavy atom. The van der Waals surface area contributed by atoms with E-state index < -0.39 is 0 Å². The topological polar surface area (TPSA) is 78.1 Å². The number of hydrogen-bond acceptors (Lipinski definition) is 4. The van der Waals surface area contributed by atoms with Crippen LogP contribution in [-0.4, -0.2) is 27.3 Å². The maximum atomic E-state index is 6.01. The van der Waals surface area contributed by atoms with Crippen LogP contribution >= 0.6 is 0 Å². The van der Waals surface area contributed by atoms with Gasteiger partial charge in [0, 0.05) is 11.3 Å². The van der Waals surface area contributed by atoms with Gasteiger partial charge in [-0.05, 0) is 36.2 Å². The molecule has 0 saturated carbocycles. The molecule has 0 fully saturated rings. The second-order valence-corrected chi connectivity index (χ2v) is 5.37. The Balaban J connectivity index is 2.17. The zero-order valence-corrected chi connectivity index (χ0v) is 15.1. The van der Waals surface area contributed by atoms with Crippen LogP contribution < -0.4 is 25.3 Å². The van der Waals surface area contributed by atoms with Crippen molar-refractivity contribution in [3.8, 4) is 17.2 Å². The number of rotatable bonds is 7. The van der Waals surface area contributed by atoms with Crippen molar-refractivity contribution in [1.29, 1.82) is 0 Å². The Kier molecular flexibility index (Phi) is 6.51. The molecule has 0 spiro atoms. The molecule has 0 aliphatic heterocycles. The number of nitrogens with zero attached hydrogens (tertiary/aromatic N) is 1. The van der Waals surface area contributed by atoms with E-state index in [2.05, 4.69) is 29.4 Å². The lowest BCUT2D eigenvalue weighted by Crippen LogP contribution is -2.22. The normalized spacial score (nSPS) is 11.1. The fourth-order valence-electron chi connectivity index (χ4n) is 2.51. The van der Waals surface area contributed by atoms with E-state index >= 15 is 0 Å². The van der Waals surface area contributed by atoms with Gasteiger partial charge in [-0.25, -0.2) is 4.99 Å². The monoisotopic (exact) mass is 343 g/mol.